The average molecular weight is 403 g/mol. The number of hydrogen-bond acceptors (Lipinski definition) is 2. The maximum absolute atomic E-state index is 10.1. The zero-order chi connectivity index (χ0) is 21.3. The Morgan fingerprint density at radius 1 is 1.04 bits per heavy atom. The van der Waals surface area contributed by atoms with Crippen molar-refractivity contribution in [3.05, 3.63) is 46.6 Å². The van der Waals surface area contributed by atoms with Gasteiger partial charge in [-0.15, -0.1) is 11.8 Å². The molecule has 1 aromatic rings. The van der Waals surface area contributed by atoms with Crippen molar-refractivity contribution in [1.29, 1.82) is 0 Å². The number of rotatable bonds is 11. The number of phenols is 1. The summed E-state index contributed by atoms with van der Waals surface area (Å²) in [5.41, 5.74) is 4.85. The second kappa shape index (κ2) is 12.4. The quantitative estimate of drug-likeness (QED) is 0.295. The van der Waals surface area contributed by atoms with E-state index in [1.54, 1.807) is 5.57 Å². The minimum atomic E-state index is 0.425. The fraction of sp³-hybridized carbons (Fsp3) is 0.615. The molecule has 1 aromatic carbocycles. The van der Waals surface area contributed by atoms with E-state index in [1.807, 2.05) is 25.6 Å². The summed E-state index contributed by atoms with van der Waals surface area (Å²) in [5, 5.41) is 10.5. The van der Waals surface area contributed by atoms with Crippen LogP contribution in [0, 0.1) is 25.7 Å². The minimum Gasteiger partial charge on any atom is -0.507 e. The molecule has 2 unspecified atom stereocenters. The molecule has 0 saturated heterocycles. The molecule has 0 aliphatic carbocycles. The molecule has 1 nitrogen and oxygen atoms in total. The number of thioether (sulfide) groups is 1. The van der Waals surface area contributed by atoms with Crippen molar-refractivity contribution in [2.75, 3.05) is 0 Å². The van der Waals surface area contributed by atoms with Gasteiger partial charge in [0, 0.05) is 10.1 Å². The maximum atomic E-state index is 10.1. The highest BCUT2D eigenvalue weighted by molar-refractivity contribution is 8.00. The first-order valence-electron chi connectivity index (χ1n) is 10.9. The predicted molar refractivity (Wildman–Crippen MR) is 128 cm³/mol. The maximum Gasteiger partial charge on any atom is 0.121 e. The lowest BCUT2D eigenvalue weighted by Gasteiger charge is -2.22. The third-order valence-electron chi connectivity index (χ3n) is 5.26. The number of phenolic OH excluding ortho intramolecular Hbond substituents is 1. The highest BCUT2D eigenvalue weighted by Gasteiger charge is 2.17. The highest BCUT2D eigenvalue weighted by Crippen LogP contribution is 2.35. The van der Waals surface area contributed by atoms with E-state index in [1.165, 1.54) is 36.2 Å². The molecule has 0 fully saturated rings. The van der Waals surface area contributed by atoms with Crippen LogP contribution in [-0.4, -0.2) is 10.4 Å². The Morgan fingerprint density at radius 3 is 2.18 bits per heavy atom. The van der Waals surface area contributed by atoms with Gasteiger partial charge in [0.25, 0.3) is 0 Å². The van der Waals surface area contributed by atoms with E-state index >= 15 is 0 Å². The molecule has 0 bridgehead atoms. The van der Waals surface area contributed by atoms with Gasteiger partial charge in [0.1, 0.15) is 5.75 Å². The molecule has 0 heterocycles. The van der Waals surface area contributed by atoms with Gasteiger partial charge in [0.05, 0.1) is 0 Å². The van der Waals surface area contributed by atoms with Gasteiger partial charge in [0.15, 0.2) is 0 Å². The van der Waals surface area contributed by atoms with Crippen LogP contribution in [0.3, 0.4) is 0 Å². The van der Waals surface area contributed by atoms with Gasteiger partial charge in [-0.25, -0.2) is 0 Å². The Kier molecular flexibility index (Phi) is 11.0. The van der Waals surface area contributed by atoms with Crippen molar-refractivity contribution >= 4 is 11.8 Å². The zero-order valence-electron chi connectivity index (χ0n) is 19.4. The molecule has 1 N–H and O–H groups in total. The van der Waals surface area contributed by atoms with Crippen LogP contribution in [0.4, 0.5) is 0 Å². The van der Waals surface area contributed by atoms with Gasteiger partial charge in [-0.05, 0) is 95.4 Å². The van der Waals surface area contributed by atoms with Gasteiger partial charge in [-0.3, -0.25) is 0 Å². The van der Waals surface area contributed by atoms with Gasteiger partial charge >= 0.3 is 0 Å². The topological polar surface area (TPSA) is 20.2 Å². The van der Waals surface area contributed by atoms with Gasteiger partial charge < -0.3 is 5.11 Å². The number of benzene rings is 1. The normalized spacial score (nSPS) is 14.2. The molecular weight excluding hydrogens is 360 g/mol. The number of aromatic hydroxyl groups is 1. The first kappa shape index (κ1) is 24.9. The van der Waals surface area contributed by atoms with Crippen LogP contribution >= 0.6 is 11.8 Å². The van der Waals surface area contributed by atoms with Crippen LogP contribution in [0.1, 0.15) is 84.8 Å². The van der Waals surface area contributed by atoms with Crippen molar-refractivity contribution < 1.29 is 5.11 Å². The molecule has 0 radical (unpaired) electrons. The Morgan fingerprint density at radius 2 is 1.64 bits per heavy atom. The molecule has 0 aliphatic rings. The molecule has 1 rings (SSSR count). The van der Waals surface area contributed by atoms with Crippen molar-refractivity contribution in [3.8, 4) is 5.75 Å². The van der Waals surface area contributed by atoms with E-state index in [9.17, 15) is 5.11 Å². The lowest BCUT2D eigenvalue weighted by Crippen LogP contribution is -2.12. The number of hydrogen-bond donors (Lipinski definition) is 1. The Bertz CT molecular complexity index is 642. The first-order valence-corrected chi connectivity index (χ1v) is 11.8. The molecule has 2 atom stereocenters. The minimum absolute atomic E-state index is 0.425. The monoisotopic (exact) mass is 402 g/mol. The molecule has 0 amide bonds. The van der Waals surface area contributed by atoms with Crippen LogP contribution in [-0.2, 0) is 0 Å². The van der Waals surface area contributed by atoms with Gasteiger partial charge in [-0.1, -0.05) is 50.5 Å². The van der Waals surface area contributed by atoms with E-state index in [2.05, 4.69) is 65.8 Å². The smallest absolute Gasteiger partial charge is 0.121 e. The third-order valence-corrected chi connectivity index (χ3v) is 6.64. The zero-order valence-corrected chi connectivity index (χ0v) is 20.2. The van der Waals surface area contributed by atoms with Crippen LogP contribution in [0.25, 0.3) is 0 Å². The summed E-state index contributed by atoms with van der Waals surface area (Å²) in [6, 6.07) is 4.23. The largest absolute Gasteiger partial charge is 0.507 e. The summed E-state index contributed by atoms with van der Waals surface area (Å²) in [6.07, 6.45) is 11.1. The van der Waals surface area contributed by atoms with Crippen LogP contribution in [0.5, 0.6) is 5.75 Å². The predicted octanol–water partition coefficient (Wildman–Crippen LogP) is 8.62. The lowest BCUT2D eigenvalue weighted by molar-refractivity contribution is 0.466. The average Bonchev–Trinajstić information content (AvgIpc) is 2.58. The van der Waals surface area contributed by atoms with Crippen molar-refractivity contribution in [2.24, 2.45) is 11.8 Å². The standard InChI is InChI=1S/C26H42OS/c1-18(2)11-9-12-20(5)13-10-14-21(6)25(15-19(3)4)28-24-16-22(7)26(27)23(8)17-24/h13,15-18,21,25,27H,9-12,14H2,1-8H3. The van der Waals surface area contributed by atoms with E-state index in [0.717, 1.165) is 23.5 Å². The van der Waals surface area contributed by atoms with E-state index in [0.29, 0.717) is 16.9 Å². The second-order valence-corrected chi connectivity index (χ2v) is 10.4. The SMILES string of the molecule is CC(C)=CC(Sc1cc(C)c(O)c(C)c1)C(C)CCC=C(C)CCCC(C)C. The molecule has 28 heavy (non-hydrogen) atoms. The summed E-state index contributed by atoms with van der Waals surface area (Å²) in [6.45, 7) is 17.6. The molecule has 2 heteroatoms. The third kappa shape index (κ3) is 9.37. The Labute approximate surface area is 178 Å². The van der Waals surface area contributed by atoms with E-state index < -0.39 is 0 Å². The first-order chi connectivity index (χ1) is 13.1. The molecule has 0 spiro atoms. The Hall–Kier alpha value is -1.15. The molecular formula is C26H42OS. The summed E-state index contributed by atoms with van der Waals surface area (Å²) < 4.78 is 0. The van der Waals surface area contributed by atoms with Crippen molar-refractivity contribution in [3.63, 3.8) is 0 Å². The Balaban J connectivity index is 2.70. The van der Waals surface area contributed by atoms with Crippen LogP contribution in [0.2, 0.25) is 0 Å². The number of aryl methyl sites for hydroxylation is 2. The fourth-order valence-electron chi connectivity index (χ4n) is 3.43. The molecule has 0 aromatic heterocycles. The lowest BCUT2D eigenvalue weighted by atomic mass is 9.98. The molecule has 0 aliphatic heterocycles. The van der Waals surface area contributed by atoms with Crippen LogP contribution in [0.15, 0.2) is 40.3 Å². The molecule has 158 valence electrons. The van der Waals surface area contributed by atoms with Crippen molar-refractivity contribution in [2.45, 2.75) is 97.6 Å². The summed E-state index contributed by atoms with van der Waals surface area (Å²) >= 11 is 1.93. The van der Waals surface area contributed by atoms with E-state index in [-0.39, 0.29) is 0 Å². The van der Waals surface area contributed by atoms with Gasteiger partial charge in [0.2, 0.25) is 0 Å². The summed E-state index contributed by atoms with van der Waals surface area (Å²) in [7, 11) is 0. The highest BCUT2D eigenvalue weighted by atomic mass is 32.2. The fourth-order valence-corrected chi connectivity index (χ4v) is 4.94. The summed E-state index contributed by atoms with van der Waals surface area (Å²) in [5.74, 6) is 1.84. The molecule has 0 saturated carbocycles. The van der Waals surface area contributed by atoms with E-state index in [4.69, 9.17) is 0 Å². The number of allylic oxidation sites excluding steroid dienone is 3. The van der Waals surface area contributed by atoms with Crippen LogP contribution < -0.4 is 0 Å². The summed E-state index contributed by atoms with van der Waals surface area (Å²) in [4.78, 5) is 1.25. The second-order valence-electron chi connectivity index (χ2n) is 9.12. The van der Waals surface area contributed by atoms with Crippen molar-refractivity contribution in [1.82, 2.24) is 0 Å². The van der Waals surface area contributed by atoms with Gasteiger partial charge in [-0.2, -0.15) is 0 Å².